The second-order valence-corrected chi connectivity index (χ2v) is 8.80. The van der Waals surface area contributed by atoms with Gasteiger partial charge in [0.2, 0.25) is 3.79 Å². The normalized spacial score (nSPS) is 11.9. The highest BCUT2D eigenvalue weighted by molar-refractivity contribution is 6.68. The topological polar surface area (TPSA) is 18.5 Å². The lowest BCUT2D eigenvalue weighted by Crippen LogP contribution is -2.43. The average Bonchev–Trinajstić information content (AvgIpc) is 2.72. The zero-order valence-electron chi connectivity index (χ0n) is 15.7. The highest BCUT2D eigenvalue weighted by atomic mass is 35.6. The van der Waals surface area contributed by atoms with Gasteiger partial charge in [0.25, 0.3) is 0 Å². The van der Waals surface area contributed by atoms with Crippen LogP contribution in [-0.4, -0.2) is 18.0 Å². The van der Waals surface area contributed by atoms with E-state index in [2.05, 4.69) is 0 Å². The monoisotopic (exact) mass is 434 g/mol. The van der Waals surface area contributed by atoms with Crippen LogP contribution in [0.15, 0.2) is 78.9 Å². The van der Waals surface area contributed by atoms with Gasteiger partial charge in [0, 0.05) is 0 Å². The highest BCUT2D eigenvalue weighted by Gasteiger charge is 2.51. The van der Waals surface area contributed by atoms with Crippen molar-refractivity contribution >= 4 is 34.8 Å². The molecule has 0 spiro atoms. The number of hydrogen-bond donors (Lipinski definition) is 0. The molecule has 0 N–H and O–H groups in total. The van der Waals surface area contributed by atoms with Crippen LogP contribution in [0, 0.1) is 0 Å². The van der Waals surface area contributed by atoms with Crippen LogP contribution in [0.4, 0.5) is 0 Å². The van der Waals surface area contributed by atoms with E-state index in [-0.39, 0.29) is 0 Å². The molecule has 3 aromatic rings. The molecule has 0 aliphatic rings. The van der Waals surface area contributed by atoms with E-state index < -0.39 is 9.21 Å². The Kier molecular flexibility index (Phi) is 6.44. The Balaban J connectivity index is 2.23. The maximum atomic E-state index is 6.69. The van der Waals surface area contributed by atoms with Gasteiger partial charge in [-0.2, -0.15) is 0 Å². The number of alkyl halides is 3. The van der Waals surface area contributed by atoms with E-state index in [1.165, 1.54) is 0 Å². The van der Waals surface area contributed by atoms with E-state index >= 15 is 0 Å². The molecule has 0 unspecified atom stereocenters. The summed E-state index contributed by atoms with van der Waals surface area (Å²) in [4.78, 5) is 0. The van der Waals surface area contributed by atoms with Crippen LogP contribution in [0.2, 0.25) is 0 Å². The first kappa shape index (κ1) is 20.9. The van der Waals surface area contributed by atoms with E-state index in [0.717, 1.165) is 28.2 Å². The van der Waals surface area contributed by atoms with Crippen LogP contribution < -0.4 is 9.47 Å². The second kappa shape index (κ2) is 8.65. The Morgan fingerprint density at radius 2 is 1.07 bits per heavy atom. The first-order valence-corrected chi connectivity index (χ1v) is 9.94. The molecule has 146 valence electrons. The van der Waals surface area contributed by atoms with Crippen molar-refractivity contribution in [2.45, 2.75) is 15.6 Å². The lowest BCUT2D eigenvalue weighted by atomic mass is 9.71. The fourth-order valence-electron chi connectivity index (χ4n) is 3.45. The first-order chi connectivity index (χ1) is 13.4. The number of hydrogen-bond acceptors (Lipinski definition) is 2. The van der Waals surface area contributed by atoms with Gasteiger partial charge in [-0.05, 0) is 47.4 Å². The molecule has 0 saturated carbocycles. The van der Waals surface area contributed by atoms with Crippen molar-refractivity contribution in [2.75, 3.05) is 14.2 Å². The molecule has 0 heterocycles. The molecule has 0 fully saturated rings. The van der Waals surface area contributed by atoms with Crippen LogP contribution in [0.5, 0.6) is 11.5 Å². The zero-order chi connectivity index (χ0) is 20.2. The van der Waals surface area contributed by atoms with Crippen LogP contribution in [0.25, 0.3) is 0 Å². The molecule has 28 heavy (non-hydrogen) atoms. The number of ether oxygens (including phenoxy) is 2. The Morgan fingerprint density at radius 1 is 0.643 bits per heavy atom. The summed E-state index contributed by atoms with van der Waals surface area (Å²) >= 11 is 20.1. The van der Waals surface area contributed by atoms with Crippen LogP contribution in [0.1, 0.15) is 16.7 Å². The van der Waals surface area contributed by atoms with Gasteiger partial charge < -0.3 is 9.47 Å². The lowest BCUT2D eigenvalue weighted by Gasteiger charge is -2.41. The van der Waals surface area contributed by atoms with Crippen molar-refractivity contribution in [1.29, 1.82) is 0 Å². The summed E-state index contributed by atoms with van der Waals surface area (Å²) in [6.07, 6.45) is 0.517. The molecule has 0 aromatic heterocycles. The summed E-state index contributed by atoms with van der Waals surface area (Å²) in [6.45, 7) is 0. The molecule has 0 saturated heterocycles. The number of methoxy groups -OCH3 is 2. The zero-order valence-corrected chi connectivity index (χ0v) is 17.9. The summed E-state index contributed by atoms with van der Waals surface area (Å²) in [6, 6.07) is 25.4. The molecule has 0 aliphatic heterocycles. The Hall–Kier alpha value is -1.87. The van der Waals surface area contributed by atoms with Crippen molar-refractivity contribution in [3.63, 3.8) is 0 Å². The van der Waals surface area contributed by atoms with Crippen LogP contribution >= 0.6 is 34.8 Å². The number of benzene rings is 3. The van der Waals surface area contributed by atoms with E-state index in [4.69, 9.17) is 44.3 Å². The quantitative estimate of drug-likeness (QED) is 0.406. The fraction of sp³-hybridized carbons (Fsp3) is 0.217. The van der Waals surface area contributed by atoms with Crippen LogP contribution in [-0.2, 0) is 11.8 Å². The highest BCUT2D eigenvalue weighted by Crippen LogP contribution is 2.53. The smallest absolute Gasteiger partial charge is 0.204 e. The van der Waals surface area contributed by atoms with Gasteiger partial charge in [-0.3, -0.25) is 0 Å². The van der Waals surface area contributed by atoms with E-state index in [9.17, 15) is 0 Å². The summed E-state index contributed by atoms with van der Waals surface area (Å²) < 4.78 is 9.01. The molecule has 0 radical (unpaired) electrons. The molecular formula is C23H21Cl3O2. The summed E-state index contributed by atoms with van der Waals surface area (Å²) in [7, 11) is 3.26. The number of rotatable bonds is 6. The van der Waals surface area contributed by atoms with Gasteiger partial charge in [-0.25, -0.2) is 0 Å². The summed E-state index contributed by atoms with van der Waals surface area (Å²) in [5.74, 6) is 1.49. The SMILES string of the molecule is COc1ccc(C(Cc2ccccc2)(c2ccc(OC)cc2)C(Cl)(Cl)Cl)cc1. The molecule has 3 rings (SSSR count). The van der Waals surface area contributed by atoms with E-state index in [1.807, 2.05) is 78.9 Å². The lowest BCUT2D eigenvalue weighted by molar-refractivity contribution is 0.413. The molecule has 0 aliphatic carbocycles. The Labute approximate surface area is 181 Å². The van der Waals surface area contributed by atoms with Gasteiger partial charge in [0.15, 0.2) is 0 Å². The maximum Gasteiger partial charge on any atom is 0.204 e. The first-order valence-electron chi connectivity index (χ1n) is 8.80. The predicted octanol–water partition coefficient (Wildman–Crippen LogP) is 6.60. The molecule has 5 heteroatoms. The minimum Gasteiger partial charge on any atom is -0.497 e. The Morgan fingerprint density at radius 3 is 1.43 bits per heavy atom. The van der Waals surface area contributed by atoms with Crippen molar-refractivity contribution in [3.8, 4) is 11.5 Å². The third-order valence-electron chi connectivity index (χ3n) is 4.96. The van der Waals surface area contributed by atoms with E-state index in [1.54, 1.807) is 14.2 Å². The average molecular weight is 436 g/mol. The summed E-state index contributed by atoms with van der Waals surface area (Å²) in [5.41, 5.74) is 1.95. The fourth-order valence-corrected chi connectivity index (χ4v) is 4.31. The third-order valence-corrected chi connectivity index (χ3v) is 5.93. The van der Waals surface area contributed by atoms with Gasteiger partial charge >= 0.3 is 0 Å². The van der Waals surface area contributed by atoms with Gasteiger partial charge in [0.05, 0.1) is 19.6 Å². The summed E-state index contributed by atoms with van der Waals surface area (Å²) in [5, 5.41) is 0. The van der Waals surface area contributed by atoms with Gasteiger partial charge in [0.1, 0.15) is 11.5 Å². The minimum atomic E-state index is -1.61. The van der Waals surface area contributed by atoms with Gasteiger partial charge in [-0.15, -0.1) is 0 Å². The standard InChI is InChI=1S/C23H21Cl3O2/c1-27-20-12-8-18(9-13-20)22(23(24,25)26,16-17-6-4-3-5-7-17)19-10-14-21(28-2)15-11-19/h3-15H,16H2,1-2H3. The maximum absolute atomic E-state index is 6.69. The Bertz CT molecular complexity index is 838. The van der Waals surface area contributed by atoms with Crippen molar-refractivity contribution in [1.82, 2.24) is 0 Å². The van der Waals surface area contributed by atoms with Crippen molar-refractivity contribution < 1.29 is 9.47 Å². The molecule has 0 bridgehead atoms. The molecule has 0 amide bonds. The van der Waals surface area contributed by atoms with E-state index in [0.29, 0.717) is 6.42 Å². The number of halogens is 3. The molecular weight excluding hydrogens is 415 g/mol. The molecule has 3 aromatic carbocycles. The largest absolute Gasteiger partial charge is 0.497 e. The second-order valence-electron chi connectivity index (χ2n) is 6.52. The van der Waals surface area contributed by atoms with Crippen LogP contribution in [0.3, 0.4) is 0 Å². The third kappa shape index (κ3) is 4.10. The molecule has 2 nitrogen and oxygen atoms in total. The van der Waals surface area contributed by atoms with Crippen molar-refractivity contribution in [3.05, 3.63) is 95.6 Å². The minimum absolute atomic E-state index is 0.517. The van der Waals surface area contributed by atoms with Gasteiger partial charge in [-0.1, -0.05) is 89.4 Å². The van der Waals surface area contributed by atoms with Crippen molar-refractivity contribution in [2.24, 2.45) is 0 Å². The predicted molar refractivity (Wildman–Crippen MR) is 117 cm³/mol. The molecule has 0 atom stereocenters.